The van der Waals surface area contributed by atoms with Crippen LogP contribution in [0, 0.1) is 0 Å². The van der Waals surface area contributed by atoms with Crippen molar-refractivity contribution in [1.29, 1.82) is 0 Å². The van der Waals surface area contributed by atoms with Crippen LogP contribution in [0.4, 0.5) is 0 Å². The number of rotatable bonds is 7. The minimum Gasteiger partial charge on any atom is -0.285 e. The lowest BCUT2D eigenvalue weighted by Crippen LogP contribution is -2.48. The Morgan fingerprint density at radius 1 is 1.27 bits per heavy atom. The van der Waals surface area contributed by atoms with Gasteiger partial charge in [0.25, 0.3) is 10.1 Å². The van der Waals surface area contributed by atoms with E-state index >= 15 is 0 Å². The highest BCUT2D eigenvalue weighted by atomic mass is 32.2. The molecule has 1 rings (SSSR count). The molecular weight excluding hydrogens is 214 g/mol. The minimum atomic E-state index is -3.89. The molecule has 1 aliphatic rings. The summed E-state index contributed by atoms with van der Waals surface area (Å²) in [6.07, 6.45) is 5.82. The fraction of sp³-hybridized carbons (Fsp3) is 1.00. The number of hydrogen-bond donors (Lipinski definition) is 1. The molecule has 1 atom stereocenters. The van der Waals surface area contributed by atoms with E-state index in [4.69, 9.17) is 4.55 Å². The van der Waals surface area contributed by atoms with Crippen LogP contribution in [0.25, 0.3) is 0 Å². The van der Waals surface area contributed by atoms with Gasteiger partial charge in [-0.3, -0.25) is 9.45 Å². The fourth-order valence-electron chi connectivity index (χ4n) is 1.89. The lowest BCUT2D eigenvalue weighted by molar-refractivity contribution is 0.146. The molecule has 1 aliphatic heterocycles. The van der Waals surface area contributed by atoms with E-state index in [9.17, 15) is 8.42 Å². The summed E-state index contributed by atoms with van der Waals surface area (Å²) in [5.74, 6) is 0. The SMILES string of the molecule is CCCCCCC(N1CCC1)S(=O)(=O)O. The molecule has 5 heteroatoms. The third-order valence-electron chi connectivity index (χ3n) is 2.95. The molecule has 15 heavy (non-hydrogen) atoms. The van der Waals surface area contributed by atoms with Gasteiger partial charge in [0, 0.05) is 13.1 Å². The predicted molar refractivity (Wildman–Crippen MR) is 60.3 cm³/mol. The van der Waals surface area contributed by atoms with Gasteiger partial charge in [-0.05, 0) is 12.8 Å². The van der Waals surface area contributed by atoms with Crippen molar-refractivity contribution in [1.82, 2.24) is 4.90 Å². The van der Waals surface area contributed by atoms with E-state index < -0.39 is 15.5 Å². The van der Waals surface area contributed by atoms with Gasteiger partial charge in [-0.2, -0.15) is 8.42 Å². The molecule has 1 fully saturated rings. The molecule has 4 nitrogen and oxygen atoms in total. The van der Waals surface area contributed by atoms with E-state index in [2.05, 4.69) is 6.92 Å². The van der Waals surface area contributed by atoms with Gasteiger partial charge in [0.2, 0.25) is 0 Å². The van der Waals surface area contributed by atoms with E-state index in [0.717, 1.165) is 45.2 Å². The summed E-state index contributed by atoms with van der Waals surface area (Å²) < 4.78 is 31.4. The van der Waals surface area contributed by atoms with Crippen LogP contribution in [-0.4, -0.2) is 36.3 Å². The van der Waals surface area contributed by atoms with E-state index in [1.807, 2.05) is 4.90 Å². The Morgan fingerprint density at radius 3 is 2.33 bits per heavy atom. The van der Waals surface area contributed by atoms with Crippen molar-refractivity contribution in [3.8, 4) is 0 Å². The summed E-state index contributed by atoms with van der Waals surface area (Å²) in [6, 6.07) is 0. The van der Waals surface area contributed by atoms with Crippen molar-refractivity contribution in [2.24, 2.45) is 0 Å². The second kappa shape index (κ2) is 5.82. The van der Waals surface area contributed by atoms with Gasteiger partial charge in [0.1, 0.15) is 5.37 Å². The lowest BCUT2D eigenvalue weighted by Gasteiger charge is -2.36. The Bertz CT molecular complexity index is 272. The van der Waals surface area contributed by atoms with Gasteiger partial charge in [-0.15, -0.1) is 0 Å². The van der Waals surface area contributed by atoms with E-state index in [0.29, 0.717) is 6.42 Å². The minimum absolute atomic E-state index is 0.568. The molecule has 0 saturated carbocycles. The molecule has 1 N–H and O–H groups in total. The first-order chi connectivity index (χ1) is 7.05. The molecule has 1 unspecified atom stereocenters. The molecule has 0 radical (unpaired) electrons. The second-order valence-corrected chi connectivity index (χ2v) is 5.78. The molecule has 0 aromatic rings. The quantitative estimate of drug-likeness (QED) is 0.540. The zero-order chi connectivity index (χ0) is 11.3. The molecule has 1 heterocycles. The number of nitrogens with zero attached hydrogens (tertiary/aromatic N) is 1. The fourth-order valence-corrected chi connectivity index (χ4v) is 2.95. The third kappa shape index (κ3) is 4.09. The molecule has 0 spiro atoms. The topological polar surface area (TPSA) is 57.6 Å². The summed E-state index contributed by atoms with van der Waals surface area (Å²) in [7, 11) is -3.89. The summed E-state index contributed by atoms with van der Waals surface area (Å²) in [5, 5.41) is -0.650. The molecule has 0 aliphatic carbocycles. The third-order valence-corrected chi connectivity index (χ3v) is 4.17. The lowest BCUT2D eigenvalue weighted by atomic mass is 10.1. The summed E-state index contributed by atoms with van der Waals surface area (Å²) >= 11 is 0. The van der Waals surface area contributed by atoms with Crippen LogP contribution in [0.5, 0.6) is 0 Å². The predicted octanol–water partition coefficient (Wildman–Crippen LogP) is 1.88. The summed E-state index contributed by atoms with van der Waals surface area (Å²) in [6.45, 7) is 3.73. The van der Waals surface area contributed by atoms with Crippen LogP contribution < -0.4 is 0 Å². The van der Waals surface area contributed by atoms with Crippen LogP contribution in [0.1, 0.15) is 45.4 Å². The second-order valence-electron chi connectivity index (χ2n) is 4.21. The van der Waals surface area contributed by atoms with Gasteiger partial charge in [0.15, 0.2) is 0 Å². The first kappa shape index (κ1) is 12.9. The van der Waals surface area contributed by atoms with Crippen LogP contribution in [-0.2, 0) is 10.1 Å². The van der Waals surface area contributed by atoms with Crippen LogP contribution in [0.2, 0.25) is 0 Å². The summed E-state index contributed by atoms with van der Waals surface area (Å²) in [4.78, 5) is 1.85. The van der Waals surface area contributed by atoms with Crippen LogP contribution >= 0.6 is 0 Å². The van der Waals surface area contributed by atoms with E-state index in [1.165, 1.54) is 0 Å². The Hall–Kier alpha value is -0.130. The number of unbranched alkanes of at least 4 members (excludes halogenated alkanes) is 3. The highest BCUT2D eigenvalue weighted by Crippen LogP contribution is 2.20. The Labute approximate surface area is 92.4 Å². The van der Waals surface area contributed by atoms with E-state index in [1.54, 1.807) is 0 Å². The Kier molecular flexibility index (Phi) is 5.02. The van der Waals surface area contributed by atoms with Gasteiger partial charge in [-0.25, -0.2) is 0 Å². The number of hydrogen-bond acceptors (Lipinski definition) is 3. The molecule has 0 amide bonds. The zero-order valence-electron chi connectivity index (χ0n) is 9.35. The maximum Gasteiger partial charge on any atom is 0.281 e. The first-order valence-corrected chi connectivity index (χ1v) is 7.26. The van der Waals surface area contributed by atoms with Crippen molar-refractivity contribution in [3.63, 3.8) is 0 Å². The highest BCUT2D eigenvalue weighted by Gasteiger charge is 2.32. The Morgan fingerprint density at radius 2 is 1.93 bits per heavy atom. The standard InChI is InChI=1S/C10H21NO3S/c1-2-3-4-5-7-10(15(12,13)14)11-8-6-9-11/h10H,2-9H2,1H3,(H,12,13,14). The molecule has 0 bridgehead atoms. The molecular formula is C10H21NO3S. The first-order valence-electron chi connectivity index (χ1n) is 5.76. The maximum absolute atomic E-state index is 11.1. The highest BCUT2D eigenvalue weighted by molar-refractivity contribution is 7.86. The average molecular weight is 235 g/mol. The van der Waals surface area contributed by atoms with Crippen molar-refractivity contribution >= 4 is 10.1 Å². The van der Waals surface area contributed by atoms with Crippen molar-refractivity contribution in [3.05, 3.63) is 0 Å². The van der Waals surface area contributed by atoms with Gasteiger partial charge in [0.05, 0.1) is 0 Å². The summed E-state index contributed by atoms with van der Waals surface area (Å²) in [5.41, 5.74) is 0. The van der Waals surface area contributed by atoms with Crippen molar-refractivity contribution in [2.75, 3.05) is 13.1 Å². The largest absolute Gasteiger partial charge is 0.285 e. The molecule has 0 aromatic heterocycles. The average Bonchev–Trinajstić information content (AvgIpc) is 2.05. The van der Waals surface area contributed by atoms with Crippen molar-refractivity contribution in [2.45, 2.75) is 50.8 Å². The van der Waals surface area contributed by atoms with Gasteiger partial charge < -0.3 is 0 Å². The number of likely N-dealkylation sites (tertiary alicyclic amines) is 1. The molecule has 1 saturated heterocycles. The smallest absolute Gasteiger partial charge is 0.281 e. The van der Waals surface area contributed by atoms with Gasteiger partial charge >= 0.3 is 0 Å². The molecule has 90 valence electrons. The zero-order valence-corrected chi connectivity index (χ0v) is 10.2. The Balaban J connectivity index is 2.36. The van der Waals surface area contributed by atoms with Crippen LogP contribution in [0.15, 0.2) is 0 Å². The normalized spacial score (nSPS) is 19.9. The van der Waals surface area contributed by atoms with Crippen molar-refractivity contribution < 1.29 is 13.0 Å². The van der Waals surface area contributed by atoms with Gasteiger partial charge in [-0.1, -0.05) is 32.6 Å². The maximum atomic E-state index is 11.1. The van der Waals surface area contributed by atoms with E-state index in [-0.39, 0.29) is 0 Å². The molecule has 0 aromatic carbocycles. The monoisotopic (exact) mass is 235 g/mol. The van der Waals surface area contributed by atoms with Crippen LogP contribution in [0.3, 0.4) is 0 Å².